The van der Waals surface area contributed by atoms with Gasteiger partial charge in [0, 0.05) is 5.56 Å². The Hall–Kier alpha value is -3.67. The maximum Gasteiger partial charge on any atom is 0.184 e. The molecule has 3 N–H and O–H groups in total. The van der Waals surface area contributed by atoms with Crippen LogP contribution < -0.4 is 0 Å². The van der Waals surface area contributed by atoms with Crippen LogP contribution in [0.4, 0.5) is 0 Å². The highest BCUT2D eigenvalue weighted by Gasteiger charge is 2.73. The minimum Gasteiger partial charge on any atom is -0.506 e. The number of aliphatic hydroxyl groups excluding tert-OH is 1. The summed E-state index contributed by atoms with van der Waals surface area (Å²) >= 11 is 0. The van der Waals surface area contributed by atoms with Gasteiger partial charge in [-0.25, -0.2) is 0 Å². The fraction of sp³-hybridized carbons (Fsp3) is 0.500. The molecule has 0 aliphatic heterocycles. The molecule has 238 valence electrons. The first-order valence-corrected chi connectivity index (χ1v) is 15.6. The fourth-order valence-electron chi connectivity index (χ4n) is 6.86. The molecule has 0 unspecified atom stereocenters. The van der Waals surface area contributed by atoms with Crippen LogP contribution in [0, 0.1) is 22.2 Å². The van der Waals surface area contributed by atoms with Crippen LogP contribution in [0.3, 0.4) is 0 Å². The second-order valence-corrected chi connectivity index (χ2v) is 14.1. The quantitative estimate of drug-likeness (QED) is 0.0616. The summed E-state index contributed by atoms with van der Waals surface area (Å²) in [5.41, 5.74) is -0.0424. The van der Waals surface area contributed by atoms with Crippen molar-refractivity contribution in [3.63, 3.8) is 0 Å². The topological polar surface area (TPSA) is 112 Å². The number of carbonyl (C=O) groups excluding carboxylic acids is 3. The zero-order valence-electron chi connectivity index (χ0n) is 27.9. The van der Waals surface area contributed by atoms with E-state index in [0.29, 0.717) is 6.42 Å². The Morgan fingerprint density at radius 2 is 1.43 bits per heavy atom. The predicted octanol–water partition coefficient (Wildman–Crippen LogP) is 8.90. The van der Waals surface area contributed by atoms with Gasteiger partial charge in [0.15, 0.2) is 28.8 Å². The van der Waals surface area contributed by atoms with E-state index in [-0.39, 0.29) is 36.5 Å². The van der Waals surface area contributed by atoms with E-state index in [0.717, 1.165) is 35.6 Å². The zero-order chi connectivity index (χ0) is 33.2. The van der Waals surface area contributed by atoms with Crippen LogP contribution in [0.1, 0.15) is 106 Å². The molecule has 2 saturated carbocycles. The van der Waals surface area contributed by atoms with Crippen LogP contribution in [0.5, 0.6) is 11.5 Å². The number of aromatic hydroxyl groups is 2. The van der Waals surface area contributed by atoms with Gasteiger partial charge < -0.3 is 15.3 Å². The highest BCUT2D eigenvalue weighted by atomic mass is 16.3. The second-order valence-electron chi connectivity index (χ2n) is 14.1. The normalized spacial score (nSPS) is 25.8. The lowest BCUT2D eigenvalue weighted by Crippen LogP contribution is -2.69. The number of phenolic OH excluding ortho intramolecular Hbond substituents is 2. The predicted molar refractivity (Wildman–Crippen MR) is 176 cm³/mol. The average molecular weight is 603 g/mol. The number of ketones is 3. The van der Waals surface area contributed by atoms with E-state index in [1.807, 2.05) is 74.5 Å². The lowest BCUT2D eigenvalue weighted by Gasteiger charge is -2.60. The van der Waals surface area contributed by atoms with Crippen molar-refractivity contribution < 1.29 is 29.7 Å². The molecule has 44 heavy (non-hydrogen) atoms. The van der Waals surface area contributed by atoms with Crippen molar-refractivity contribution in [1.29, 1.82) is 0 Å². The van der Waals surface area contributed by atoms with E-state index in [1.165, 1.54) is 17.7 Å². The SMILES string of the molecule is CC(C)=CCC/C(C)=C/C[C@]12C[C@H](CC=C(C)C)C(C)(C)[C@](CC=C(C)C)(C(=O)C(=C(O)c3ccc(O)c(O)c3)C1=O)C2=O. The van der Waals surface area contributed by atoms with E-state index in [9.17, 15) is 24.9 Å². The molecule has 0 heterocycles. The molecule has 3 rings (SSSR count). The number of hydrogen-bond acceptors (Lipinski definition) is 6. The van der Waals surface area contributed by atoms with Crippen molar-refractivity contribution in [1.82, 2.24) is 0 Å². The highest BCUT2D eigenvalue weighted by molar-refractivity contribution is 6.41. The molecular weight excluding hydrogens is 552 g/mol. The number of aliphatic hydroxyl groups is 1. The first-order valence-electron chi connectivity index (χ1n) is 15.6. The van der Waals surface area contributed by atoms with Crippen LogP contribution in [-0.2, 0) is 14.4 Å². The highest BCUT2D eigenvalue weighted by Crippen LogP contribution is 2.65. The van der Waals surface area contributed by atoms with E-state index >= 15 is 4.79 Å². The maximum absolute atomic E-state index is 15.0. The van der Waals surface area contributed by atoms with Gasteiger partial charge >= 0.3 is 0 Å². The lowest BCUT2D eigenvalue weighted by atomic mass is 9.38. The number of allylic oxidation sites excluding steroid dienone is 9. The molecule has 0 saturated heterocycles. The molecule has 2 aliphatic carbocycles. The Balaban J connectivity index is 2.37. The summed E-state index contributed by atoms with van der Waals surface area (Å²) < 4.78 is 0. The van der Waals surface area contributed by atoms with Gasteiger partial charge in [-0.15, -0.1) is 0 Å². The molecule has 0 amide bonds. The van der Waals surface area contributed by atoms with Crippen molar-refractivity contribution in [2.75, 3.05) is 0 Å². The summed E-state index contributed by atoms with van der Waals surface area (Å²) in [5.74, 6) is -3.35. The number of hydrogen-bond donors (Lipinski definition) is 3. The monoisotopic (exact) mass is 602 g/mol. The number of phenols is 2. The Kier molecular flexibility index (Phi) is 10.4. The average Bonchev–Trinajstić information content (AvgIpc) is 2.92. The molecule has 0 aromatic heterocycles. The second kappa shape index (κ2) is 13.1. The van der Waals surface area contributed by atoms with Gasteiger partial charge in [0.05, 0.1) is 5.41 Å². The number of rotatable bonds is 10. The van der Waals surface area contributed by atoms with Crippen molar-refractivity contribution in [3.8, 4) is 11.5 Å². The largest absolute Gasteiger partial charge is 0.506 e. The van der Waals surface area contributed by atoms with Gasteiger partial charge in [0.1, 0.15) is 16.7 Å². The molecule has 6 heteroatoms. The van der Waals surface area contributed by atoms with E-state index in [1.54, 1.807) is 0 Å². The summed E-state index contributed by atoms with van der Waals surface area (Å²) in [6, 6.07) is 3.66. The van der Waals surface area contributed by atoms with Crippen LogP contribution in [0.2, 0.25) is 0 Å². The first kappa shape index (κ1) is 34.8. The Morgan fingerprint density at radius 3 is 2.00 bits per heavy atom. The molecule has 3 atom stereocenters. The summed E-state index contributed by atoms with van der Waals surface area (Å²) in [7, 11) is 0. The molecule has 1 aromatic rings. The van der Waals surface area contributed by atoms with E-state index in [4.69, 9.17) is 0 Å². The Labute approximate surface area is 263 Å². The third-order valence-corrected chi connectivity index (χ3v) is 9.82. The smallest absolute Gasteiger partial charge is 0.184 e. The first-order chi connectivity index (χ1) is 20.4. The van der Waals surface area contributed by atoms with E-state index < -0.39 is 50.6 Å². The minimum atomic E-state index is -1.59. The van der Waals surface area contributed by atoms with Crippen LogP contribution in [-0.4, -0.2) is 32.7 Å². The third-order valence-electron chi connectivity index (χ3n) is 9.82. The number of Topliss-reactive ketones (excluding diaryl/α,β-unsaturated/α-hetero) is 3. The van der Waals surface area contributed by atoms with Gasteiger partial charge in [-0.05, 0) is 117 Å². The molecule has 2 bridgehead atoms. The van der Waals surface area contributed by atoms with Crippen molar-refractivity contribution >= 4 is 23.1 Å². The van der Waals surface area contributed by atoms with Crippen molar-refractivity contribution in [3.05, 3.63) is 75.9 Å². The van der Waals surface area contributed by atoms with Crippen LogP contribution in [0.15, 0.2) is 70.4 Å². The van der Waals surface area contributed by atoms with Gasteiger partial charge in [0.2, 0.25) is 0 Å². The van der Waals surface area contributed by atoms with Gasteiger partial charge in [-0.2, -0.15) is 0 Å². The van der Waals surface area contributed by atoms with Crippen molar-refractivity contribution in [2.45, 2.75) is 101 Å². The van der Waals surface area contributed by atoms with Crippen LogP contribution in [0.25, 0.3) is 5.76 Å². The molecular formula is C38H50O6. The van der Waals surface area contributed by atoms with Gasteiger partial charge in [-0.3, -0.25) is 14.4 Å². The summed E-state index contributed by atoms with van der Waals surface area (Å²) in [5, 5.41) is 31.6. The molecule has 0 spiro atoms. The van der Waals surface area contributed by atoms with Crippen molar-refractivity contribution in [2.24, 2.45) is 22.2 Å². The molecule has 2 fully saturated rings. The fourth-order valence-corrected chi connectivity index (χ4v) is 6.86. The Bertz CT molecular complexity index is 1480. The maximum atomic E-state index is 15.0. The number of fused-ring (bicyclic) bond motifs is 2. The third kappa shape index (κ3) is 6.27. The van der Waals surface area contributed by atoms with Gasteiger partial charge in [0.25, 0.3) is 0 Å². The molecule has 0 radical (unpaired) electrons. The number of benzene rings is 1. The molecule has 2 aliphatic rings. The van der Waals surface area contributed by atoms with Gasteiger partial charge in [-0.1, -0.05) is 60.4 Å². The minimum absolute atomic E-state index is 0.0179. The zero-order valence-corrected chi connectivity index (χ0v) is 27.9. The standard InChI is InChI=1S/C38H50O6/c1-23(2)11-10-12-26(7)18-19-37-22-28(15-13-24(3)4)36(8,9)38(35(37)44,20-17-25(5)6)34(43)31(33(37)42)32(41)27-14-16-29(39)30(40)21-27/h11,13-14,16-18,21,28,39-41H,10,12,15,19-20,22H2,1-9H3/b26-18+,32-31?/t28-,37-,38+/m0/s1. The lowest BCUT2D eigenvalue weighted by molar-refractivity contribution is -0.176. The van der Waals surface area contributed by atoms with E-state index in [2.05, 4.69) is 12.2 Å². The Morgan fingerprint density at radius 1 is 0.818 bits per heavy atom. The molecule has 6 nitrogen and oxygen atoms in total. The van der Waals surface area contributed by atoms with Crippen LogP contribution >= 0.6 is 0 Å². The molecule has 1 aromatic carbocycles. The summed E-state index contributed by atoms with van der Waals surface area (Å²) in [6.07, 6.45) is 10.9. The number of carbonyl (C=O) groups is 3. The summed E-state index contributed by atoms with van der Waals surface area (Å²) in [4.78, 5) is 44.5. The summed E-state index contributed by atoms with van der Waals surface area (Å²) in [6.45, 7) is 17.8.